The number of carbonyl (C=O) groups excluding carboxylic acids is 1. The van der Waals surface area contributed by atoms with Crippen LogP contribution in [0.1, 0.15) is 17.5 Å². The molecule has 0 aliphatic carbocycles. The highest BCUT2D eigenvalue weighted by molar-refractivity contribution is 6.04. The summed E-state index contributed by atoms with van der Waals surface area (Å²) >= 11 is 0. The first kappa shape index (κ1) is 15.8. The van der Waals surface area contributed by atoms with Crippen molar-refractivity contribution in [3.63, 3.8) is 0 Å². The third-order valence-electron chi connectivity index (χ3n) is 3.32. The van der Waals surface area contributed by atoms with Crippen LogP contribution in [0.4, 0.5) is 0 Å². The smallest absolute Gasteiger partial charge is 0.287 e. The lowest BCUT2D eigenvalue weighted by atomic mass is 9.99. The van der Waals surface area contributed by atoms with Gasteiger partial charge in [-0.1, -0.05) is 11.2 Å². The molecule has 7 nitrogen and oxygen atoms in total. The summed E-state index contributed by atoms with van der Waals surface area (Å²) in [5.41, 5.74) is 3.81. The molecule has 2 N–H and O–H groups in total. The van der Waals surface area contributed by atoms with E-state index in [0.29, 0.717) is 23.6 Å². The molecule has 0 saturated heterocycles. The zero-order valence-corrected chi connectivity index (χ0v) is 12.5. The van der Waals surface area contributed by atoms with Gasteiger partial charge in [-0.2, -0.15) is 0 Å². The standard InChI is InChI=1S/C15H18N2O5/c1-4-5-9-6-10(7-12(20-2)14(9)21-3)11-8-13(22-17-11)15(18)16-19/h4,6-7,13,19H,1,5,8H2,2-3H3,(H,16,18). The summed E-state index contributed by atoms with van der Waals surface area (Å²) in [5.74, 6) is 0.565. The molecule has 1 unspecified atom stereocenters. The summed E-state index contributed by atoms with van der Waals surface area (Å²) in [4.78, 5) is 16.4. The number of hydrogen-bond acceptors (Lipinski definition) is 6. The highest BCUT2D eigenvalue weighted by atomic mass is 16.7. The summed E-state index contributed by atoms with van der Waals surface area (Å²) in [6.07, 6.45) is 1.78. The Morgan fingerprint density at radius 1 is 1.55 bits per heavy atom. The minimum Gasteiger partial charge on any atom is -0.493 e. The molecule has 118 valence electrons. The molecule has 0 bridgehead atoms. The van der Waals surface area contributed by atoms with Crippen molar-refractivity contribution in [3.05, 3.63) is 35.9 Å². The van der Waals surface area contributed by atoms with Gasteiger partial charge in [0.2, 0.25) is 6.10 Å². The number of nitrogens with zero attached hydrogens (tertiary/aromatic N) is 1. The van der Waals surface area contributed by atoms with E-state index < -0.39 is 12.0 Å². The molecule has 1 atom stereocenters. The lowest BCUT2D eigenvalue weighted by Gasteiger charge is -2.14. The molecule has 1 heterocycles. The second-order valence-corrected chi connectivity index (χ2v) is 4.68. The summed E-state index contributed by atoms with van der Waals surface area (Å²) in [6, 6.07) is 3.66. The van der Waals surface area contributed by atoms with E-state index in [1.54, 1.807) is 31.8 Å². The van der Waals surface area contributed by atoms with Crippen molar-refractivity contribution in [2.24, 2.45) is 5.16 Å². The van der Waals surface area contributed by atoms with Crippen LogP contribution in [0, 0.1) is 0 Å². The van der Waals surface area contributed by atoms with E-state index in [9.17, 15) is 4.79 Å². The van der Waals surface area contributed by atoms with Crippen molar-refractivity contribution in [1.29, 1.82) is 0 Å². The second kappa shape index (κ2) is 6.95. The summed E-state index contributed by atoms with van der Waals surface area (Å²) in [6.45, 7) is 3.73. The van der Waals surface area contributed by atoms with Gasteiger partial charge in [0.15, 0.2) is 11.5 Å². The van der Waals surface area contributed by atoms with Crippen LogP contribution in [0.5, 0.6) is 11.5 Å². The highest BCUT2D eigenvalue weighted by Gasteiger charge is 2.29. The lowest BCUT2D eigenvalue weighted by molar-refractivity contribution is -0.139. The number of nitrogens with one attached hydrogen (secondary N) is 1. The fraction of sp³-hybridized carbons (Fsp3) is 0.333. The monoisotopic (exact) mass is 306 g/mol. The van der Waals surface area contributed by atoms with Crippen LogP contribution in [0.15, 0.2) is 29.9 Å². The van der Waals surface area contributed by atoms with E-state index in [2.05, 4.69) is 11.7 Å². The zero-order valence-electron chi connectivity index (χ0n) is 12.5. The van der Waals surface area contributed by atoms with E-state index in [-0.39, 0.29) is 6.42 Å². The van der Waals surface area contributed by atoms with Gasteiger partial charge in [0.05, 0.1) is 19.9 Å². The van der Waals surface area contributed by atoms with Crippen LogP contribution in [-0.4, -0.2) is 37.1 Å². The Morgan fingerprint density at radius 2 is 2.32 bits per heavy atom. The molecule has 0 saturated carbocycles. The molecule has 0 aromatic heterocycles. The first-order valence-electron chi connectivity index (χ1n) is 6.67. The van der Waals surface area contributed by atoms with Gasteiger partial charge in [-0.05, 0) is 18.6 Å². The normalized spacial score (nSPS) is 16.5. The largest absolute Gasteiger partial charge is 0.493 e. The molecule has 1 aromatic carbocycles. The Bertz CT molecular complexity index is 612. The number of hydrogen-bond donors (Lipinski definition) is 2. The Kier molecular flexibility index (Phi) is 5.00. The molecule has 0 radical (unpaired) electrons. The van der Waals surface area contributed by atoms with Gasteiger partial charge in [0, 0.05) is 17.5 Å². The summed E-state index contributed by atoms with van der Waals surface area (Å²) < 4.78 is 10.7. The zero-order chi connectivity index (χ0) is 16.1. The van der Waals surface area contributed by atoms with E-state index in [0.717, 1.165) is 11.1 Å². The van der Waals surface area contributed by atoms with Crippen molar-refractivity contribution in [3.8, 4) is 11.5 Å². The number of oxime groups is 1. The Morgan fingerprint density at radius 3 is 2.91 bits per heavy atom. The lowest BCUT2D eigenvalue weighted by Crippen LogP contribution is -2.32. The van der Waals surface area contributed by atoms with E-state index in [1.807, 2.05) is 6.07 Å². The highest BCUT2D eigenvalue weighted by Crippen LogP contribution is 2.34. The molecule has 0 spiro atoms. The SMILES string of the molecule is C=CCc1cc(C2=NOC(C(=O)NO)C2)cc(OC)c1OC. The van der Waals surface area contributed by atoms with Crippen LogP contribution in [0.2, 0.25) is 0 Å². The topological polar surface area (TPSA) is 89.4 Å². The van der Waals surface area contributed by atoms with Crippen LogP contribution >= 0.6 is 0 Å². The molecule has 1 aromatic rings. The maximum absolute atomic E-state index is 11.4. The Hall–Kier alpha value is -2.54. The number of ether oxygens (including phenoxy) is 2. The third kappa shape index (κ3) is 3.04. The second-order valence-electron chi connectivity index (χ2n) is 4.68. The Labute approximate surface area is 128 Å². The third-order valence-corrected chi connectivity index (χ3v) is 3.32. The molecule has 1 amide bonds. The molecule has 2 rings (SSSR count). The molecule has 0 fully saturated rings. The quantitative estimate of drug-likeness (QED) is 0.471. The van der Waals surface area contributed by atoms with Gasteiger partial charge in [-0.25, -0.2) is 5.48 Å². The van der Waals surface area contributed by atoms with E-state index in [1.165, 1.54) is 0 Å². The average Bonchev–Trinajstić information content (AvgIpc) is 3.03. The number of hydroxylamine groups is 1. The average molecular weight is 306 g/mol. The first-order chi connectivity index (χ1) is 10.6. The van der Waals surface area contributed by atoms with Crippen molar-refractivity contribution in [1.82, 2.24) is 5.48 Å². The molecular weight excluding hydrogens is 288 g/mol. The molecule has 1 aliphatic rings. The fourth-order valence-corrected chi connectivity index (χ4v) is 2.28. The molecule has 7 heteroatoms. The van der Waals surface area contributed by atoms with Gasteiger partial charge in [0.1, 0.15) is 0 Å². The summed E-state index contributed by atoms with van der Waals surface area (Å²) in [7, 11) is 3.12. The molecule has 22 heavy (non-hydrogen) atoms. The predicted octanol–water partition coefficient (Wildman–Crippen LogP) is 1.43. The maximum Gasteiger partial charge on any atom is 0.287 e. The van der Waals surface area contributed by atoms with E-state index in [4.69, 9.17) is 19.5 Å². The van der Waals surface area contributed by atoms with Crippen LogP contribution in [0.25, 0.3) is 0 Å². The van der Waals surface area contributed by atoms with Crippen molar-refractivity contribution < 1.29 is 24.3 Å². The minimum absolute atomic E-state index is 0.259. The van der Waals surface area contributed by atoms with E-state index >= 15 is 0 Å². The van der Waals surface area contributed by atoms with Crippen molar-refractivity contribution in [2.45, 2.75) is 18.9 Å². The first-order valence-corrected chi connectivity index (χ1v) is 6.67. The van der Waals surface area contributed by atoms with Crippen molar-refractivity contribution in [2.75, 3.05) is 14.2 Å². The predicted molar refractivity (Wildman–Crippen MR) is 79.4 cm³/mol. The Balaban J connectivity index is 2.34. The fourth-order valence-electron chi connectivity index (χ4n) is 2.28. The maximum atomic E-state index is 11.4. The molecular formula is C15H18N2O5. The summed E-state index contributed by atoms with van der Waals surface area (Å²) in [5, 5.41) is 12.5. The van der Waals surface area contributed by atoms with Crippen LogP contribution < -0.4 is 15.0 Å². The number of allylic oxidation sites excluding steroid dienone is 1. The molecule has 1 aliphatic heterocycles. The number of carbonyl (C=O) groups is 1. The number of benzene rings is 1. The van der Waals surface area contributed by atoms with Crippen LogP contribution in [0.3, 0.4) is 0 Å². The van der Waals surface area contributed by atoms with Gasteiger partial charge in [-0.3, -0.25) is 10.0 Å². The van der Waals surface area contributed by atoms with Crippen molar-refractivity contribution >= 4 is 11.6 Å². The van der Waals surface area contributed by atoms with Gasteiger partial charge in [-0.15, -0.1) is 6.58 Å². The number of amides is 1. The minimum atomic E-state index is -0.837. The van der Waals surface area contributed by atoms with Gasteiger partial charge >= 0.3 is 0 Å². The van der Waals surface area contributed by atoms with Gasteiger partial charge < -0.3 is 14.3 Å². The number of rotatable bonds is 6. The van der Waals surface area contributed by atoms with Gasteiger partial charge in [0.25, 0.3) is 5.91 Å². The van der Waals surface area contributed by atoms with Crippen LogP contribution in [-0.2, 0) is 16.1 Å². The number of methoxy groups -OCH3 is 2.